The van der Waals surface area contributed by atoms with E-state index in [2.05, 4.69) is 20.5 Å². The number of nitrogens with zero attached hydrogens (tertiary/aromatic N) is 3. The van der Waals surface area contributed by atoms with Crippen LogP contribution in [0, 0.1) is 12.7 Å². The molecule has 188 valence electrons. The van der Waals surface area contributed by atoms with Crippen LogP contribution >= 0.6 is 0 Å². The number of amides is 2. The minimum atomic E-state index is -0.801. The number of aromatic nitrogens is 2. The number of benzene rings is 2. The Morgan fingerprint density at radius 2 is 1.92 bits per heavy atom. The molecule has 9 heteroatoms. The average Bonchev–Trinajstić information content (AvgIpc) is 2.85. The van der Waals surface area contributed by atoms with Crippen LogP contribution in [0.3, 0.4) is 0 Å². The van der Waals surface area contributed by atoms with Crippen LogP contribution in [-0.4, -0.2) is 39.4 Å². The molecule has 0 aliphatic carbocycles. The average molecular weight is 492 g/mol. The van der Waals surface area contributed by atoms with Gasteiger partial charge in [-0.3, -0.25) is 29.2 Å². The summed E-state index contributed by atoms with van der Waals surface area (Å²) in [5.41, 5.74) is 2.09. The standard InChI is InChI=1S/C27H30FN5O3/c1-17-30-22-7-5-6-21(25(22)27(36)33(17)23-10-11-24(34)31-26(23)35)29-15-19-9-8-18(14-20(19)28)16-32-12-3-2-4-13-32/h5-9,14,23,29H,2-4,10-13,15-16H2,1H3,(H,31,34,35). The minimum Gasteiger partial charge on any atom is -0.380 e. The van der Waals surface area contributed by atoms with Crippen LogP contribution < -0.4 is 16.2 Å². The minimum absolute atomic E-state index is 0.160. The number of likely N-dealkylation sites (tertiary alicyclic amines) is 1. The van der Waals surface area contributed by atoms with Crippen molar-refractivity contribution >= 4 is 28.4 Å². The molecule has 0 saturated carbocycles. The Bertz CT molecular complexity index is 1380. The maximum atomic E-state index is 14.9. The first-order chi connectivity index (χ1) is 17.4. The Balaban J connectivity index is 1.39. The number of hydrogen-bond donors (Lipinski definition) is 2. The molecule has 1 atom stereocenters. The molecule has 36 heavy (non-hydrogen) atoms. The number of aryl methyl sites for hydroxylation is 1. The van der Waals surface area contributed by atoms with E-state index in [1.54, 1.807) is 37.3 Å². The third-order valence-corrected chi connectivity index (χ3v) is 7.07. The van der Waals surface area contributed by atoms with Crippen LogP contribution in [0.1, 0.15) is 55.1 Å². The van der Waals surface area contributed by atoms with Crippen molar-refractivity contribution in [2.75, 3.05) is 18.4 Å². The Hall–Kier alpha value is -3.59. The van der Waals surface area contributed by atoms with Crippen molar-refractivity contribution in [3.63, 3.8) is 0 Å². The number of carbonyl (C=O) groups excluding carboxylic acids is 2. The fourth-order valence-corrected chi connectivity index (χ4v) is 5.20. The van der Waals surface area contributed by atoms with Gasteiger partial charge in [0.2, 0.25) is 11.8 Å². The molecule has 2 amide bonds. The second-order valence-corrected chi connectivity index (χ2v) is 9.62. The van der Waals surface area contributed by atoms with Crippen molar-refractivity contribution in [3.8, 4) is 0 Å². The topological polar surface area (TPSA) is 96.3 Å². The summed E-state index contributed by atoms with van der Waals surface area (Å²) in [5, 5.41) is 5.83. The molecule has 2 N–H and O–H groups in total. The largest absolute Gasteiger partial charge is 0.380 e. The first-order valence-electron chi connectivity index (χ1n) is 12.5. The van der Waals surface area contributed by atoms with E-state index in [-0.39, 0.29) is 36.7 Å². The molecule has 2 aliphatic rings. The zero-order valence-electron chi connectivity index (χ0n) is 20.3. The zero-order valence-corrected chi connectivity index (χ0v) is 20.3. The normalized spacial score (nSPS) is 18.9. The van der Waals surface area contributed by atoms with Crippen molar-refractivity contribution in [1.82, 2.24) is 19.8 Å². The summed E-state index contributed by atoms with van der Waals surface area (Å²) in [5.74, 6) is -0.738. The molecule has 3 aromatic rings. The summed E-state index contributed by atoms with van der Waals surface area (Å²) in [6, 6.07) is 9.80. The summed E-state index contributed by atoms with van der Waals surface area (Å²) < 4.78 is 16.3. The van der Waals surface area contributed by atoms with Crippen molar-refractivity contribution < 1.29 is 14.0 Å². The molecule has 1 unspecified atom stereocenters. The number of hydrogen-bond acceptors (Lipinski definition) is 6. The van der Waals surface area contributed by atoms with E-state index in [0.29, 0.717) is 28.0 Å². The fraction of sp³-hybridized carbons (Fsp3) is 0.407. The van der Waals surface area contributed by atoms with E-state index in [9.17, 15) is 18.8 Å². The van der Waals surface area contributed by atoms with E-state index < -0.39 is 11.9 Å². The van der Waals surface area contributed by atoms with Crippen LogP contribution in [0.2, 0.25) is 0 Å². The number of fused-ring (bicyclic) bond motifs is 1. The van der Waals surface area contributed by atoms with Gasteiger partial charge < -0.3 is 5.32 Å². The molecular formula is C27H30FN5O3. The number of imide groups is 1. The molecule has 0 spiro atoms. The SMILES string of the molecule is Cc1nc2cccc(NCc3ccc(CN4CCCCC4)cc3F)c2c(=O)n1C1CCC(=O)NC1=O. The highest BCUT2D eigenvalue weighted by atomic mass is 19.1. The van der Waals surface area contributed by atoms with E-state index in [1.165, 1.54) is 23.8 Å². The Kier molecular flexibility index (Phi) is 6.82. The highest BCUT2D eigenvalue weighted by molar-refractivity contribution is 5.99. The lowest BCUT2D eigenvalue weighted by Crippen LogP contribution is -2.45. The third kappa shape index (κ3) is 4.88. The number of rotatable bonds is 6. The molecule has 8 nitrogen and oxygen atoms in total. The van der Waals surface area contributed by atoms with Gasteiger partial charge in [0, 0.05) is 30.8 Å². The Morgan fingerprint density at radius 3 is 2.67 bits per heavy atom. The maximum Gasteiger partial charge on any atom is 0.264 e. The number of halogens is 1. The first-order valence-corrected chi connectivity index (χ1v) is 12.5. The van der Waals surface area contributed by atoms with Crippen molar-refractivity contribution in [2.45, 2.75) is 58.2 Å². The van der Waals surface area contributed by atoms with Gasteiger partial charge >= 0.3 is 0 Å². The number of piperidine rings is 2. The number of carbonyl (C=O) groups is 2. The van der Waals surface area contributed by atoms with Gasteiger partial charge in [-0.25, -0.2) is 9.37 Å². The molecule has 0 bridgehead atoms. The van der Waals surface area contributed by atoms with Crippen LogP contribution in [0.5, 0.6) is 0 Å². The summed E-state index contributed by atoms with van der Waals surface area (Å²) in [6.45, 7) is 4.72. The highest BCUT2D eigenvalue weighted by Gasteiger charge is 2.30. The molecular weight excluding hydrogens is 461 g/mol. The van der Waals surface area contributed by atoms with Crippen molar-refractivity contribution in [3.05, 3.63) is 69.5 Å². The lowest BCUT2D eigenvalue weighted by Gasteiger charge is -2.26. The summed E-state index contributed by atoms with van der Waals surface area (Å²) in [6.07, 6.45) is 4.04. The maximum absolute atomic E-state index is 14.9. The van der Waals surface area contributed by atoms with Crippen molar-refractivity contribution in [2.24, 2.45) is 0 Å². The van der Waals surface area contributed by atoms with Gasteiger partial charge in [0.1, 0.15) is 17.7 Å². The molecule has 0 radical (unpaired) electrons. The molecule has 2 aliphatic heterocycles. The first kappa shape index (κ1) is 24.1. The van der Waals surface area contributed by atoms with E-state index in [1.807, 2.05) is 6.07 Å². The van der Waals surface area contributed by atoms with Gasteiger partial charge in [0.25, 0.3) is 5.56 Å². The van der Waals surface area contributed by atoms with Crippen molar-refractivity contribution in [1.29, 1.82) is 0 Å². The monoisotopic (exact) mass is 491 g/mol. The number of anilines is 1. The smallest absolute Gasteiger partial charge is 0.264 e. The third-order valence-electron chi connectivity index (χ3n) is 7.07. The second kappa shape index (κ2) is 10.2. The Morgan fingerprint density at radius 1 is 1.11 bits per heavy atom. The lowest BCUT2D eigenvalue weighted by atomic mass is 10.0. The summed E-state index contributed by atoms with van der Waals surface area (Å²) >= 11 is 0. The Labute approximate surface area is 208 Å². The summed E-state index contributed by atoms with van der Waals surface area (Å²) in [7, 11) is 0. The molecule has 2 fully saturated rings. The van der Waals surface area contributed by atoms with Crippen LogP contribution in [0.4, 0.5) is 10.1 Å². The van der Waals surface area contributed by atoms with Crippen LogP contribution in [-0.2, 0) is 22.7 Å². The van der Waals surface area contributed by atoms with Gasteiger partial charge in [-0.2, -0.15) is 0 Å². The van der Waals surface area contributed by atoms with Gasteiger partial charge in [0.05, 0.1) is 10.9 Å². The fourth-order valence-electron chi connectivity index (χ4n) is 5.20. The molecule has 5 rings (SSSR count). The van der Waals surface area contributed by atoms with Crippen LogP contribution in [0.25, 0.3) is 10.9 Å². The predicted molar refractivity (Wildman–Crippen MR) is 135 cm³/mol. The van der Waals surface area contributed by atoms with E-state index in [4.69, 9.17) is 0 Å². The molecule has 3 heterocycles. The second-order valence-electron chi connectivity index (χ2n) is 9.62. The summed E-state index contributed by atoms with van der Waals surface area (Å²) in [4.78, 5) is 44.5. The molecule has 2 aromatic carbocycles. The van der Waals surface area contributed by atoms with Gasteiger partial charge in [-0.1, -0.05) is 24.6 Å². The molecule has 2 saturated heterocycles. The zero-order chi connectivity index (χ0) is 25.2. The molecule has 1 aromatic heterocycles. The lowest BCUT2D eigenvalue weighted by molar-refractivity contribution is -0.135. The van der Waals surface area contributed by atoms with Gasteiger partial charge in [-0.05, 0) is 63.0 Å². The highest BCUT2D eigenvalue weighted by Crippen LogP contribution is 2.24. The van der Waals surface area contributed by atoms with Crippen LogP contribution in [0.15, 0.2) is 41.2 Å². The van der Waals surface area contributed by atoms with Gasteiger partial charge in [-0.15, -0.1) is 0 Å². The number of nitrogens with one attached hydrogen (secondary N) is 2. The van der Waals surface area contributed by atoms with Gasteiger partial charge in [0.15, 0.2) is 0 Å². The quantitative estimate of drug-likeness (QED) is 0.513. The van der Waals surface area contributed by atoms with E-state index >= 15 is 0 Å². The van der Waals surface area contributed by atoms with E-state index in [0.717, 1.165) is 25.2 Å². The predicted octanol–water partition coefficient (Wildman–Crippen LogP) is 3.42.